The molecular formula is C14H11Cl2NO4S. The summed E-state index contributed by atoms with van der Waals surface area (Å²) in [5.41, 5.74) is 0.278. The molecule has 1 N–H and O–H groups in total. The second-order valence-corrected chi connectivity index (χ2v) is 6.78. The molecule has 0 radical (unpaired) electrons. The van der Waals surface area contributed by atoms with Gasteiger partial charge in [-0.05, 0) is 36.4 Å². The lowest BCUT2D eigenvalue weighted by molar-refractivity contribution is 0.0600. The molecule has 2 aromatic rings. The number of rotatable bonds is 4. The van der Waals surface area contributed by atoms with E-state index in [1.165, 1.54) is 43.5 Å². The van der Waals surface area contributed by atoms with Crippen molar-refractivity contribution in [1.29, 1.82) is 0 Å². The first kappa shape index (κ1) is 16.6. The normalized spacial score (nSPS) is 11.0. The fraction of sp³-hybridized carbons (Fsp3) is 0.0714. The van der Waals surface area contributed by atoms with Crippen LogP contribution in [0.5, 0.6) is 0 Å². The zero-order chi connectivity index (χ0) is 16.3. The minimum absolute atomic E-state index is 0.0913. The maximum absolute atomic E-state index is 12.4. The van der Waals surface area contributed by atoms with Gasteiger partial charge in [-0.1, -0.05) is 29.3 Å². The van der Waals surface area contributed by atoms with Gasteiger partial charge in [-0.3, -0.25) is 4.72 Å². The summed E-state index contributed by atoms with van der Waals surface area (Å²) in [7, 11) is -2.70. The summed E-state index contributed by atoms with van der Waals surface area (Å²) in [6.07, 6.45) is 0. The highest BCUT2D eigenvalue weighted by molar-refractivity contribution is 7.92. The Hall–Kier alpha value is -1.76. The number of anilines is 1. The van der Waals surface area contributed by atoms with Gasteiger partial charge in [0, 0.05) is 5.02 Å². The van der Waals surface area contributed by atoms with Crippen LogP contribution in [0.3, 0.4) is 0 Å². The predicted molar refractivity (Wildman–Crippen MR) is 85.1 cm³/mol. The third kappa shape index (κ3) is 3.71. The van der Waals surface area contributed by atoms with Crippen LogP contribution in [0, 0.1) is 0 Å². The van der Waals surface area contributed by atoms with Crippen LogP contribution in [0.1, 0.15) is 10.4 Å². The molecule has 0 aromatic heterocycles. The van der Waals surface area contributed by atoms with Gasteiger partial charge in [0.25, 0.3) is 10.0 Å². The van der Waals surface area contributed by atoms with Crippen molar-refractivity contribution >= 4 is 44.9 Å². The lowest BCUT2D eigenvalue weighted by Gasteiger charge is -2.10. The highest BCUT2D eigenvalue weighted by atomic mass is 35.5. The number of ether oxygens (including phenoxy) is 1. The molecular weight excluding hydrogens is 349 g/mol. The first-order chi connectivity index (χ1) is 10.3. The molecule has 0 saturated carbocycles. The molecule has 0 atom stereocenters. The van der Waals surface area contributed by atoms with E-state index in [4.69, 9.17) is 23.2 Å². The van der Waals surface area contributed by atoms with E-state index < -0.39 is 16.0 Å². The zero-order valence-corrected chi connectivity index (χ0v) is 13.7. The maximum Gasteiger partial charge on any atom is 0.337 e. The summed E-state index contributed by atoms with van der Waals surface area (Å²) in [5.74, 6) is -0.627. The monoisotopic (exact) mass is 359 g/mol. The van der Waals surface area contributed by atoms with Gasteiger partial charge in [-0.2, -0.15) is 0 Å². The van der Waals surface area contributed by atoms with E-state index in [2.05, 4.69) is 9.46 Å². The topological polar surface area (TPSA) is 72.5 Å². The van der Waals surface area contributed by atoms with Crippen molar-refractivity contribution in [3.8, 4) is 0 Å². The molecule has 0 unspecified atom stereocenters. The van der Waals surface area contributed by atoms with Gasteiger partial charge in [-0.25, -0.2) is 13.2 Å². The first-order valence-corrected chi connectivity index (χ1v) is 8.23. The molecule has 0 aliphatic carbocycles. The highest BCUT2D eigenvalue weighted by Gasteiger charge is 2.18. The second kappa shape index (κ2) is 6.56. The Labute approximate surface area is 137 Å². The van der Waals surface area contributed by atoms with E-state index in [0.717, 1.165) is 0 Å². The van der Waals surface area contributed by atoms with Gasteiger partial charge in [0.15, 0.2) is 0 Å². The number of esters is 1. The standard InChI is InChI=1S/C14H11Cl2NO4S/c1-21-14(18)9-3-2-4-11(7-9)22(19,20)17-13-8-10(15)5-6-12(13)16/h2-8,17H,1H3. The molecule has 2 aromatic carbocycles. The molecule has 22 heavy (non-hydrogen) atoms. The van der Waals surface area contributed by atoms with Crippen LogP contribution < -0.4 is 4.72 Å². The third-order valence-corrected chi connectivity index (χ3v) is 4.67. The van der Waals surface area contributed by atoms with Crippen LogP contribution in [0.15, 0.2) is 47.4 Å². The minimum atomic E-state index is -3.92. The van der Waals surface area contributed by atoms with Crippen LogP contribution in [-0.4, -0.2) is 21.5 Å². The number of sulfonamides is 1. The van der Waals surface area contributed by atoms with Crippen molar-refractivity contribution in [2.24, 2.45) is 0 Å². The zero-order valence-electron chi connectivity index (χ0n) is 11.3. The van der Waals surface area contributed by atoms with Crippen molar-refractivity contribution in [3.63, 3.8) is 0 Å². The molecule has 0 aliphatic heterocycles. The third-order valence-electron chi connectivity index (χ3n) is 2.74. The number of nitrogens with one attached hydrogen (secondary N) is 1. The molecule has 0 spiro atoms. The van der Waals surface area contributed by atoms with Gasteiger partial charge in [0.1, 0.15) is 0 Å². The number of methoxy groups -OCH3 is 1. The predicted octanol–water partition coefficient (Wildman–Crippen LogP) is 3.58. The lowest BCUT2D eigenvalue weighted by Crippen LogP contribution is -2.14. The van der Waals surface area contributed by atoms with Crippen molar-refractivity contribution in [1.82, 2.24) is 0 Å². The van der Waals surface area contributed by atoms with Crippen molar-refractivity contribution in [2.45, 2.75) is 4.90 Å². The van der Waals surface area contributed by atoms with Crippen LogP contribution >= 0.6 is 23.2 Å². The van der Waals surface area contributed by atoms with Crippen molar-refractivity contribution in [2.75, 3.05) is 11.8 Å². The number of benzene rings is 2. The Morgan fingerprint density at radius 2 is 1.86 bits per heavy atom. The summed E-state index contributed by atoms with van der Waals surface area (Å²) in [5, 5.41) is 0.544. The fourth-order valence-corrected chi connectivity index (χ4v) is 3.20. The number of halogens is 2. The Kier molecular flexibility index (Phi) is 4.95. The van der Waals surface area contributed by atoms with Crippen molar-refractivity contribution < 1.29 is 17.9 Å². The average molecular weight is 360 g/mol. The van der Waals surface area contributed by atoms with E-state index in [0.29, 0.717) is 5.02 Å². The quantitative estimate of drug-likeness (QED) is 0.846. The number of hydrogen-bond acceptors (Lipinski definition) is 4. The van der Waals surface area contributed by atoms with Gasteiger partial charge < -0.3 is 4.74 Å². The van der Waals surface area contributed by atoms with Crippen LogP contribution in [0.4, 0.5) is 5.69 Å². The van der Waals surface area contributed by atoms with E-state index in [9.17, 15) is 13.2 Å². The second-order valence-electron chi connectivity index (χ2n) is 4.25. The number of carbonyl (C=O) groups excluding carboxylic acids is 1. The summed E-state index contributed by atoms with van der Waals surface area (Å²) in [4.78, 5) is 11.4. The van der Waals surface area contributed by atoms with Crippen LogP contribution in [0.25, 0.3) is 0 Å². The van der Waals surface area contributed by atoms with Crippen molar-refractivity contribution in [3.05, 3.63) is 58.1 Å². The Bertz CT molecular complexity index is 821. The smallest absolute Gasteiger partial charge is 0.337 e. The van der Waals surface area contributed by atoms with E-state index in [1.807, 2.05) is 0 Å². The van der Waals surface area contributed by atoms with Crippen LogP contribution in [-0.2, 0) is 14.8 Å². The van der Waals surface area contributed by atoms with Gasteiger partial charge in [-0.15, -0.1) is 0 Å². The Morgan fingerprint density at radius 1 is 1.14 bits per heavy atom. The molecule has 0 fully saturated rings. The molecule has 0 heterocycles. The highest BCUT2D eigenvalue weighted by Crippen LogP contribution is 2.27. The Morgan fingerprint density at radius 3 is 2.55 bits per heavy atom. The van der Waals surface area contributed by atoms with Gasteiger partial charge >= 0.3 is 5.97 Å². The molecule has 0 saturated heterocycles. The summed E-state index contributed by atoms with van der Waals surface area (Å²) < 4.78 is 31.6. The molecule has 5 nitrogen and oxygen atoms in total. The minimum Gasteiger partial charge on any atom is -0.465 e. The molecule has 0 aliphatic rings. The van der Waals surface area contributed by atoms with E-state index >= 15 is 0 Å². The average Bonchev–Trinajstić information content (AvgIpc) is 2.50. The first-order valence-electron chi connectivity index (χ1n) is 6.00. The van der Waals surface area contributed by atoms with Crippen LogP contribution in [0.2, 0.25) is 10.0 Å². The molecule has 2 rings (SSSR count). The molecule has 8 heteroatoms. The Balaban J connectivity index is 2.38. The SMILES string of the molecule is COC(=O)c1cccc(S(=O)(=O)Nc2cc(Cl)ccc2Cl)c1. The lowest BCUT2D eigenvalue weighted by atomic mass is 10.2. The van der Waals surface area contributed by atoms with Gasteiger partial charge in [0.2, 0.25) is 0 Å². The number of carbonyl (C=O) groups is 1. The molecule has 0 bridgehead atoms. The largest absolute Gasteiger partial charge is 0.465 e. The molecule has 116 valence electrons. The summed E-state index contributed by atoms with van der Waals surface area (Å²) >= 11 is 11.8. The maximum atomic E-state index is 12.4. The summed E-state index contributed by atoms with van der Waals surface area (Å²) in [6.45, 7) is 0. The molecule has 0 amide bonds. The van der Waals surface area contributed by atoms with E-state index in [1.54, 1.807) is 6.07 Å². The fourth-order valence-electron chi connectivity index (χ4n) is 1.69. The van der Waals surface area contributed by atoms with E-state index in [-0.39, 0.29) is 21.2 Å². The summed E-state index contributed by atoms with van der Waals surface area (Å²) in [6, 6.07) is 9.88. The number of hydrogen-bond donors (Lipinski definition) is 1. The van der Waals surface area contributed by atoms with Gasteiger partial charge in [0.05, 0.1) is 28.3 Å².